The van der Waals surface area contributed by atoms with Gasteiger partial charge in [0.05, 0.1) is 19.1 Å². The van der Waals surface area contributed by atoms with Gasteiger partial charge in [-0.25, -0.2) is 8.42 Å². The molecular weight excluding hydrogens is 490 g/mol. The summed E-state index contributed by atoms with van der Waals surface area (Å²) in [7, 11) is -2.41. The lowest BCUT2D eigenvalue weighted by Gasteiger charge is -2.32. The summed E-state index contributed by atoms with van der Waals surface area (Å²) in [6, 6.07) is 12.9. The Morgan fingerprint density at radius 3 is 2.46 bits per heavy atom. The molecule has 1 unspecified atom stereocenters. The van der Waals surface area contributed by atoms with Gasteiger partial charge in [-0.05, 0) is 49.6 Å². The van der Waals surface area contributed by atoms with Crippen LogP contribution >= 0.6 is 11.6 Å². The van der Waals surface area contributed by atoms with Gasteiger partial charge >= 0.3 is 0 Å². The predicted molar refractivity (Wildman–Crippen MR) is 137 cm³/mol. The SMILES string of the molecule is COc1ccccc1N(CC(=O)N(Cc1cccc(Cl)c1)C(C)C(=O)NC1CCCC1)S(C)(=O)=O. The molecule has 0 bridgehead atoms. The number of methoxy groups -OCH3 is 1. The van der Waals surface area contributed by atoms with Crippen LogP contribution in [0, 0.1) is 0 Å². The molecule has 3 rings (SSSR count). The minimum Gasteiger partial charge on any atom is -0.495 e. The van der Waals surface area contributed by atoms with Crippen molar-refractivity contribution in [3.05, 3.63) is 59.1 Å². The zero-order valence-electron chi connectivity index (χ0n) is 20.2. The van der Waals surface area contributed by atoms with E-state index in [4.69, 9.17) is 16.3 Å². The summed E-state index contributed by atoms with van der Waals surface area (Å²) in [4.78, 5) is 28.1. The number of halogens is 1. The number of sulfonamides is 1. The minimum atomic E-state index is -3.84. The molecule has 0 aliphatic heterocycles. The molecule has 1 fully saturated rings. The maximum atomic E-state index is 13.6. The number of carbonyl (C=O) groups is 2. The third kappa shape index (κ3) is 7.11. The van der Waals surface area contributed by atoms with Gasteiger partial charge in [0.2, 0.25) is 21.8 Å². The first kappa shape index (κ1) is 26.8. The quantitative estimate of drug-likeness (QED) is 0.515. The zero-order chi connectivity index (χ0) is 25.6. The van der Waals surface area contributed by atoms with Crippen LogP contribution in [0.25, 0.3) is 0 Å². The zero-order valence-corrected chi connectivity index (χ0v) is 21.8. The molecule has 1 aliphatic carbocycles. The van der Waals surface area contributed by atoms with Gasteiger partial charge in [0.1, 0.15) is 18.3 Å². The summed E-state index contributed by atoms with van der Waals surface area (Å²) in [5, 5.41) is 3.54. The number of hydrogen-bond acceptors (Lipinski definition) is 5. The van der Waals surface area contributed by atoms with Gasteiger partial charge in [-0.2, -0.15) is 0 Å². The first-order valence-corrected chi connectivity index (χ1v) is 13.8. The Morgan fingerprint density at radius 1 is 1.14 bits per heavy atom. The van der Waals surface area contributed by atoms with Crippen molar-refractivity contribution in [2.24, 2.45) is 0 Å². The van der Waals surface area contributed by atoms with Gasteiger partial charge in [-0.15, -0.1) is 0 Å². The van der Waals surface area contributed by atoms with Crippen LogP contribution in [0.15, 0.2) is 48.5 Å². The number of nitrogens with one attached hydrogen (secondary N) is 1. The van der Waals surface area contributed by atoms with Gasteiger partial charge in [0, 0.05) is 17.6 Å². The number of nitrogens with zero attached hydrogens (tertiary/aromatic N) is 2. The van der Waals surface area contributed by atoms with E-state index < -0.39 is 28.5 Å². The van der Waals surface area contributed by atoms with E-state index in [9.17, 15) is 18.0 Å². The molecule has 2 amide bonds. The highest BCUT2D eigenvalue weighted by atomic mass is 35.5. The second kappa shape index (κ2) is 11.8. The average Bonchev–Trinajstić information content (AvgIpc) is 3.32. The van der Waals surface area contributed by atoms with Gasteiger partial charge in [-0.1, -0.05) is 48.7 Å². The Hall–Kier alpha value is -2.78. The van der Waals surface area contributed by atoms with E-state index in [1.165, 1.54) is 12.0 Å². The van der Waals surface area contributed by atoms with Crippen molar-refractivity contribution in [2.45, 2.75) is 51.2 Å². The molecule has 0 saturated heterocycles. The van der Waals surface area contributed by atoms with Gasteiger partial charge in [-0.3, -0.25) is 13.9 Å². The molecule has 1 N–H and O–H groups in total. The van der Waals surface area contributed by atoms with Gasteiger partial charge in [0.15, 0.2) is 0 Å². The van der Waals surface area contributed by atoms with Crippen LogP contribution in [0.4, 0.5) is 5.69 Å². The van der Waals surface area contributed by atoms with Crippen molar-refractivity contribution in [3.63, 3.8) is 0 Å². The molecular formula is C25H32ClN3O5S. The van der Waals surface area contributed by atoms with Crippen LogP contribution in [0.2, 0.25) is 5.02 Å². The number of carbonyl (C=O) groups excluding carboxylic acids is 2. The van der Waals surface area contributed by atoms with Crippen LogP contribution in [-0.4, -0.2) is 57.1 Å². The lowest BCUT2D eigenvalue weighted by Crippen LogP contribution is -2.52. The minimum absolute atomic E-state index is 0.0918. The fraction of sp³-hybridized carbons (Fsp3) is 0.440. The molecule has 35 heavy (non-hydrogen) atoms. The van der Waals surface area contributed by atoms with E-state index in [-0.39, 0.29) is 24.2 Å². The Labute approximate surface area is 212 Å². The fourth-order valence-corrected chi connectivity index (χ4v) is 5.30. The molecule has 1 atom stereocenters. The highest BCUT2D eigenvalue weighted by molar-refractivity contribution is 7.92. The lowest BCUT2D eigenvalue weighted by atomic mass is 10.1. The van der Waals surface area contributed by atoms with Crippen molar-refractivity contribution in [3.8, 4) is 5.75 Å². The van der Waals surface area contributed by atoms with Gasteiger partial charge < -0.3 is 15.0 Å². The van der Waals surface area contributed by atoms with Crippen molar-refractivity contribution in [1.29, 1.82) is 0 Å². The number of hydrogen-bond donors (Lipinski definition) is 1. The van der Waals surface area contributed by atoms with Crippen LogP contribution < -0.4 is 14.4 Å². The van der Waals surface area contributed by atoms with Crippen molar-refractivity contribution < 1.29 is 22.7 Å². The first-order chi connectivity index (χ1) is 16.6. The van der Waals surface area contributed by atoms with Gasteiger partial charge in [0.25, 0.3) is 0 Å². The fourth-order valence-electron chi connectivity index (χ4n) is 4.24. The normalized spacial score (nSPS) is 14.9. The highest BCUT2D eigenvalue weighted by Gasteiger charge is 2.32. The van der Waals surface area contributed by atoms with Crippen LogP contribution in [-0.2, 0) is 26.2 Å². The van der Waals surface area contributed by atoms with E-state index in [0.29, 0.717) is 10.8 Å². The second-order valence-corrected chi connectivity index (χ2v) is 11.1. The maximum Gasteiger partial charge on any atom is 0.244 e. The van der Waals surface area contributed by atoms with Crippen molar-refractivity contribution >= 4 is 39.1 Å². The molecule has 2 aromatic rings. The Balaban J connectivity index is 1.90. The number of para-hydroxylation sites is 2. The summed E-state index contributed by atoms with van der Waals surface area (Å²) < 4.78 is 31.7. The molecule has 190 valence electrons. The number of amides is 2. The second-order valence-electron chi connectivity index (χ2n) is 8.76. The molecule has 2 aromatic carbocycles. The summed E-state index contributed by atoms with van der Waals surface area (Å²) in [6.07, 6.45) is 4.98. The smallest absolute Gasteiger partial charge is 0.244 e. The monoisotopic (exact) mass is 521 g/mol. The maximum absolute atomic E-state index is 13.6. The molecule has 10 heteroatoms. The molecule has 0 radical (unpaired) electrons. The van der Waals surface area contributed by atoms with E-state index in [0.717, 1.165) is 41.8 Å². The molecule has 0 spiro atoms. The lowest BCUT2D eigenvalue weighted by molar-refractivity contribution is -0.139. The van der Waals surface area contributed by atoms with Crippen molar-refractivity contribution in [1.82, 2.24) is 10.2 Å². The number of ether oxygens (including phenoxy) is 1. The van der Waals surface area contributed by atoms with Crippen molar-refractivity contribution in [2.75, 3.05) is 24.2 Å². The number of anilines is 1. The number of rotatable bonds is 10. The summed E-state index contributed by atoms with van der Waals surface area (Å²) in [6.45, 7) is 1.27. The van der Waals surface area contributed by atoms with Crippen LogP contribution in [0.3, 0.4) is 0 Å². The van der Waals surface area contributed by atoms with E-state index in [1.54, 1.807) is 49.4 Å². The molecule has 0 heterocycles. The topological polar surface area (TPSA) is 96.0 Å². The molecule has 1 saturated carbocycles. The summed E-state index contributed by atoms with van der Waals surface area (Å²) in [5.74, 6) is -0.468. The van der Waals surface area contributed by atoms with Crippen LogP contribution in [0.5, 0.6) is 5.75 Å². The average molecular weight is 522 g/mol. The van der Waals surface area contributed by atoms with E-state index in [2.05, 4.69) is 5.32 Å². The summed E-state index contributed by atoms with van der Waals surface area (Å²) in [5.41, 5.74) is 0.978. The Morgan fingerprint density at radius 2 is 1.83 bits per heavy atom. The first-order valence-electron chi connectivity index (χ1n) is 11.5. The summed E-state index contributed by atoms with van der Waals surface area (Å²) >= 11 is 6.14. The standard InChI is InChI=1S/C25H32ClN3O5S/c1-18(25(31)27-21-11-4-5-12-21)28(16-19-9-8-10-20(26)15-19)24(30)17-29(35(3,32)33)22-13-6-7-14-23(22)34-2/h6-10,13-15,18,21H,4-5,11-12,16-17H2,1-3H3,(H,27,31). The third-order valence-electron chi connectivity index (χ3n) is 6.14. The van der Waals surface area contributed by atoms with E-state index >= 15 is 0 Å². The largest absolute Gasteiger partial charge is 0.495 e. The molecule has 1 aliphatic rings. The predicted octanol–water partition coefficient (Wildman–Crippen LogP) is 3.59. The van der Waals surface area contributed by atoms with E-state index in [1.807, 2.05) is 6.07 Å². The molecule has 0 aromatic heterocycles. The Bertz CT molecular complexity index is 1150. The molecule has 8 nitrogen and oxygen atoms in total. The number of benzene rings is 2. The Kier molecular flexibility index (Phi) is 9.02. The highest BCUT2D eigenvalue weighted by Crippen LogP contribution is 2.29. The van der Waals surface area contributed by atoms with Crippen LogP contribution in [0.1, 0.15) is 38.2 Å². The third-order valence-corrected chi connectivity index (χ3v) is 7.51.